The maximum Gasteiger partial charge on any atom is 0.329 e. The molecule has 5 nitrogen and oxygen atoms in total. The van der Waals surface area contributed by atoms with Crippen LogP contribution in [0.2, 0.25) is 0 Å². The van der Waals surface area contributed by atoms with Crippen molar-refractivity contribution in [3.05, 3.63) is 0 Å². The van der Waals surface area contributed by atoms with Gasteiger partial charge in [0.1, 0.15) is 6.04 Å². The number of amides is 1. The molecule has 2 heterocycles. The second kappa shape index (κ2) is 6.80. The zero-order valence-electron chi connectivity index (χ0n) is 12.3. The molecule has 1 N–H and O–H groups in total. The van der Waals surface area contributed by atoms with Crippen LogP contribution in [0.3, 0.4) is 0 Å². The monoisotopic (exact) mass is 300 g/mol. The standard InChI is InChI=1S/C14H24N2O3S/c1-3-19-12(17)11-9-20-8-7-16(11)13(18)14(2)5-4-6-15-10-14/h11,15H,3-10H2,1-2H3. The van der Waals surface area contributed by atoms with Gasteiger partial charge in [0, 0.05) is 24.6 Å². The minimum Gasteiger partial charge on any atom is -0.464 e. The van der Waals surface area contributed by atoms with Gasteiger partial charge in [0.2, 0.25) is 5.91 Å². The van der Waals surface area contributed by atoms with Gasteiger partial charge in [-0.3, -0.25) is 4.79 Å². The predicted octanol–water partition coefficient (Wildman–Crippen LogP) is 0.883. The molecule has 114 valence electrons. The molecule has 2 unspecified atom stereocenters. The first-order valence-electron chi connectivity index (χ1n) is 7.34. The molecule has 0 radical (unpaired) electrons. The second-order valence-corrected chi connectivity index (χ2v) is 6.83. The van der Waals surface area contributed by atoms with Crippen LogP contribution in [0.15, 0.2) is 0 Å². The Balaban J connectivity index is 2.10. The van der Waals surface area contributed by atoms with Crippen molar-refractivity contribution in [3.8, 4) is 0 Å². The number of carbonyl (C=O) groups is 2. The average Bonchev–Trinajstić information content (AvgIpc) is 2.47. The highest BCUT2D eigenvalue weighted by Crippen LogP contribution is 2.31. The SMILES string of the molecule is CCOC(=O)C1CSCCN1C(=O)C1(C)CCCNC1. The molecule has 2 fully saturated rings. The molecule has 2 aliphatic heterocycles. The lowest BCUT2D eigenvalue weighted by molar-refractivity contribution is -0.158. The smallest absolute Gasteiger partial charge is 0.329 e. The van der Waals surface area contributed by atoms with Crippen molar-refractivity contribution in [2.24, 2.45) is 5.41 Å². The van der Waals surface area contributed by atoms with E-state index in [4.69, 9.17) is 4.74 Å². The number of nitrogens with one attached hydrogen (secondary N) is 1. The summed E-state index contributed by atoms with van der Waals surface area (Å²) in [6.07, 6.45) is 1.90. The van der Waals surface area contributed by atoms with Gasteiger partial charge in [-0.25, -0.2) is 4.79 Å². The topological polar surface area (TPSA) is 58.6 Å². The maximum atomic E-state index is 12.9. The number of ether oxygens (including phenoxy) is 1. The van der Waals surface area contributed by atoms with Gasteiger partial charge in [-0.15, -0.1) is 0 Å². The zero-order valence-corrected chi connectivity index (χ0v) is 13.1. The van der Waals surface area contributed by atoms with Crippen LogP contribution in [0, 0.1) is 5.41 Å². The van der Waals surface area contributed by atoms with Gasteiger partial charge in [0.05, 0.1) is 12.0 Å². The zero-order chi connectivity index (χ0) is 14.6. The van der Waals surface area contributed by atoms with Crippen molar-refractivity contribution in [3.63, 3.8) is 0 Å². The van der Waals surface area contributed by atoms with E-state index in [-0.39, 0.29) is 17.3 Å². The number of rotatable bonds is 3. The summed E-state index contributed by atoms with van der Waals surface area (Å²) in [6.45, 7) is 6.48. The molecule has 0 aliphatic carbocycles. The first kappa shape index (κ1) is 15.6. The fourth-order valence-corrected chi connectivity index (χ4v) is 3.90. The van der Waals surface area contributed by atoms with Gasteiger partial charge < -0.3 is 15.0 Å². The van der Waals surface area contributed by atoms with Crippen LogP contribution in [-0.2, 0) is 14.3 Å². The number of piperidine rings is 1. The minimum atomic E-state index is -0.417. The summed E-state index contributed by atoms with van der Waals surface area (Å²) in [7, 11) is 0. The fraction of sp³-hybridized carbons (Fsp3) is 0.857. The van der Waals surface area contributed by atoms with E-state index in [0.717, 1.165) is 25.1 Å². The third-order valence-corrected chi connectivity index (χ3v) is 5.08. The number of nitrogens with zero attached hydrogens (tertiary/aromatic N) is 1. The largest absolute Gasteiger partial charge is 0.464 e. The van der Waals surface area contributed by atoms with Gasteiger partial charge in [-0.2, -0.15) is 11.8 Å². The fourth-order valence-electron chi connectivity index (χ4n) is 2.87. The number of carbonyl (C=O) groups excluding carboxylic acids is 2. The van der Waals surface area contributed by atoms with Crippen molar-refractivity contribution < 1.29 is 14.3 Å². The summed E-state index contributed by atoms with van der Waals surface area (Å²) in [6, 6.07) is -0.417. The maximum absolute atomic E-state index is 12.9. The van der Waals surface area contributed by atoms with E-state index in [1.54, 1.807) is 23.6 Å². The van der Waals surface area contributed by atoms with Crippen LogP contribution in [-0.4, -0.2) is 60.6 Å². The molecular formula is C14H24N2O3S. The Morgan fingerprint density at radius 1 is 1.50 bits per heavy atom. The Morgan fingerprint density at radius 3 is 2.95 bits per heavy atom. The summed E-state index contributed by atoms with van der Waals surface area (Å²) >= 11 is 1.71. The highest BCUT2D eigenvalue weighted by molar-refractivity contribution is 7.99. The summed E-state index contributed by atoms with van der Waals surface area (Å²) in [5, 5.41) is 3.30. The van der Waals surface area contributed by atoms with Gasteiger partial charge in [-0.05, 0) is 33.2 Å². The molecule has 0 aromatic carbocycles. The van der Waals surface area contributed by atoms with E-state index < -0.39 is 6.04 Å². The van der Waals surface area contributed by atoms with Crippen LogP contribution >= 0.6 is 11.8 Å². The molecule has 6 heteroatoms. The quantitative estimate of drug-likeness (QED) is 0.784. The lowest BCUT2D eigenvalue weighted by Gasteiger charge is -2.41. The highest BCUT2D eigenvalue weighted by Gasteiger charge is 2.43. The van der Waals surface area contributed by atoms with Crippen molar-refractivity contribution in [1.82, 2.24) is 10.2 Å². The van der Waals surface area contributed by atoms with Gasteiger partial charge >= 0.3 is 5.97 Å². The molecule has 0 spiro atoms. The molecule has 0 bridgehead atoms. The van der Waals surface area contributed by atoms with E-state index in [1.165, 1.54) is 0 Å². The van der Waals surface area contributed by atoms with E-state index >= 15 is 0 Å². The van der Waals surface area contributed by atoms with Gasteiger partial charge in [0.25, 0.3) is 0 Å². The summed E-state index contributed by atoms with van der Waals surface area (Å²) < 4.78 is 5.12. The molecule has 1 amide bonds. The number of thioether (sulfide) groups is 1. The third kappa shape index (κ3) is 3.28. The first-order valence-corrected chi connectivity index (χ1v) is 8.50. The van der Waals surface area contributed by atoms with E-state index in [9.17, 15) is 9.59 Å². The predicted molar refractivity (Wildman–Crippen MR) is 79.7 cm³/mol. The highest BCUT2D eigenvalue weighted by atomic mass is 32.2. The van der Waals surface area contributed by atoms with Crippen molar-refractivity contribution in [1.29, 1.82) is 0 Å². The van der Waals surface area contributed by atoms with Crippen LogP contribution in [0.1, 0.15) is 26.7 Å². The number of hydrogen-bond donors (Lipinski definition) is 1. The Labute approximate surface area is 124 Å². The van der Waals surface area contributed by atoms with E-state index in [1.807, 2.05) is 6.92 Å². The Kier molecular flexibility index (Phi) is 5.32. The molecule has 2 saturated heterocycles. The van der Waals surface area contributed by atoms with Crippen molar-refractivity contribution >= 4 is 23.6 Å². The summed E-state index contributed by atoms with van der Waals surface area (Å²) in [5.74, 6) is 1.38. The Morgan fingerprint density at radius 2 is 2.30 bits per heavy atom. The molecule has 0 aromatic rings. The second-order valence-electron chi connectivity index (χ2n) is 5.68. The van der Waals surface area contributed by atoms with Gasteiger partial charge in [-0.1, -0.05) is 0 Å². The molecular weight excluding hydrogens is 276 g/mol. The van der Waals surface area contributed by atoms with E-state index in [2.05, 4.69) is 5.32 Å². The minimum absolute atomic E-state index is 0.100. The molecule has 2 aliphatic rings. The van der Waals surface area contributed by atoms with Crippen LogP contribution in [0.4, 0.5) is 0 Å². The first-order chi connectivity index (χ1) is 9.58. The van der Waals surface area contributed by atoms with Crippen LogP contribution in [0.5, 0.6) is 0 Å². The van der Waals surface area contributed by atoms with Gasteiger partial charge in [0.15, 0.2) is 0 Å². The molecule has 20 heavy (non-hydrogen) atoms. The summed E-state index contributed by atoms with van der Waals surface area (Å²) in [5.41, 5.74) is -0.384. The molecule has 2 rings (SSSR count). The average molecular weight is 300 g/mol. The third-order valence-electron chi connectivity index (χ3n) is 4.06. The molecule has 2 atom stereocenters. The van der Waals surface area contributed by atoms with Crippen molar-refractivity contribution in [2.75, 3.05) is 37.7 Å². The number of hydrogen-bond acceptors (Lipinski definition) is 5. The summed E-state index contributed by atoms with van der Waals surface area (Å²) in [4.78, 5) is 26.7. The van der Waals surface area contributed by atoms with E-state index in [0.29, 0.717) is 25.4 Å². The lowest BCUT2D eigenvalue weighted by atomic mass is 9.81. The Hall–Kier alpha value is -0.750. The van der Waals surface area contributed by atoms with Crippen LogP contribution in [0.25, 0.3) is 0 Å². The molecule has 0 aromatic heterocycles. The normalized spacial score (nSPS) is 30.9. The van der Waals surface area contributed by atoms with Crippen molar-refractivity contribution in [2.45, 2.75) is 32.7 Å². The van der Waals surface area contributed by atoms with Crippen LogP contribution < -0.4 is 5.32 Å². The Bertz CT molecular complexity index is 369. The number of esters is 1. The molecule has 0 saturated carbocycles. The lowest BCUT2D eigenvalue weighted by Crippen LogP contribution is -2.58.